The first-order valence-electron chi connectivity index (χ1n) is 9.96. The Hall–Kier alpha value is -2.46. The fraction of sp³-hybridized carbons (Fsp3) is 0.391. The first kappa shape index (κ1) is 17.9. The number of fused-ring (bicyclic) bond motifs is 1. The minimum absolute atomic E-state index is 0.555. The van der Waals surface area contributed by atoms with E-state index in [1.165, 1.54) is 24.0 Å². The first-order valence-corrected chi connectivity index (χ1v) is 9.96. The number of aryl methyl sites for hydroxylation is 2. The summed E-state index contributed by atoms with van der Waals surface area (Å²) in [5, 5.41) is 4.89. The van der Waals surface area contributed by atoms with Crippen LogP contribution < -0.4 is 10.2 Å². The van der Waals surface area contributed by atoms with Gasteiger partial charge >= 0.3 is 0 Å². The van der Waals surface area contributed by atoms with E-state index in [1.807, 2.05) is 0 Å². The number of hydrogen-bond donors (Lipinski definition) is 1. The maximum atomic E-state index is 4.88. The van der Waals surface area contributed by atoms with Crippen molar-refractivity contribution in [1.82, 2.24) is 15.3 Å². The Kier molecular flexibility index (Phi) is 5.35. The Morgan fingerprint density at radius 2 is 1.85 bits per heavy atom. The summed E-state index contributed by atoms with van der Waals surface area (Å²) in [4.78, 5) is 12.0. The van der Waals surface area contributed by atoms with Crippen LogP contribution in [0.1, 0.15) is 36.1 Å². The van der Waals surface area contributed by atoms with Gasteiger partial charge in [-0.3, -0.25) is 0 Å². The molecule has 140 valence electrons. The van der Waals surface area contributed by atoms with Crippen LogP contribution >= 0.6 is 0 Å². The van der Waals surface area contributed by atoms with Gasteiger partial charge in [0.1, 0.15) is 0 Å². The fourth-order valence-electron chi connectivity index (χ4n) is 3.88. The lowest BCUT2D eigenvalue weighted by Crippen LogP contribution is -2.31. The maximum Gasteiger partial charge on any atom is 0.226 e. The molecule has 1 saturated heterocycles. The molecule has 1 unspecified atom stereocenters. The van der Waals surface area contributed by atoms with Crippen molar-refractivity contribution >= 4 is 16.9 Å². The number of aromatic nitrogens is 2. The Bertz CT molecular complexity index is 907. The molecule has 0 bridgehead atoms. The average Bonchev–Trinajstić information content (AvgIpc) is 2.92. The standard InChI is InChI=1S/C23H28N4/c1-17-10-11-21-18(2)25-23(26-22(21)15-17)27-13-6-9-20(12-14-27)24-16-19-7-4-3-5-8-19/h3-5,7-8,10-11,15,20,24H,6,9,12-14,16H2,1-2H3. The van der Waals surface area contributed by atoms with Crippen molar-refractivity contribution in [2.45, 2.75) is 45.7 Å². The second kappa shape index (κ2) is 8.05. The Labute approximate surface area is 161 Å². The van der Waals surface area contributed by atoms with Gasteiger partial charge in [0.15, 0.2) is 0 Å². The molecule has 2 heterocycles. The SMILES string of the molecule is Cc1ccc2c(C)nc(N3CCCC(NCc4ccccc4)CC3)nc2c1. The fourth-order valence-corrected chi connectivity index (χ4v) is 3.88. The summed E-state index contributed by atoms with van der Waals surface area (Å²) < 4.78 is 0. The third kappa shape index (κ3) is 4.28. The van der Waals surface area contributed by atoms with Gasteiger partial charge in [-0.1, -0.05) is 42.5 Å². The lowest BCUT2D eigenvalue weighted by atomic mass is 10.1. The third-order valence-electron chi connectivity index (χ3n) is 5.48. The summed E-state index contributed by atoms with van der Waals surface area (Å²) >= 11 is 0. The molecule has 1 N–H and O–H groups in total. The van der Waals surface area contributed by atoms with E-state index in [0.717, 1.165) is 48.6 Å². The van der Waals surface area contributed by atoms with Gasteiger partial charge in [0.05, 0.1) is 11.2 Å². The topological polar surface area (TPSA) is 41.1 Å². The van der Waals surface area contributed by atoms with E-state index in [0.29, 0.717) is 6.04 Å². The van der Waals surface area contributed by atoms with Gasteiger partial charge in [-0.25, -0.2) is 9.97 Å². The number of hydrogen-bond acceptors (Lipinski definition) is 4. The number of nitrogens with one attached hydrogen (secondary N) is 1. The molecule has 1 atom stereocenters. The van der Waals surface area contributed by atoms with Crippen molar-refractivity contribution in [2.75, 3.05) is 18.0 Å². The monoisotopic (exact) mass is 360 g/mol. The third-order valence-corrected chi connectivity index (χ3v) is 5.48. The molecule has 1 fully saturated rings. The zero-order valence-electron chi connectivity index (χ0n) is 16.3. The molecule has 4 nitrogen and oxygen atoms in total. The second-order valence-corrected chi connectivity index (χ2v) is 7.61. The summed E-state index contributed by atoms with van der Waals surface area (Å²) in [6.07, 6.45) is 3.50. The summed E-state index contributed by atoms with van der Waals surface area (Å²) in [6.45, 7) is 7.18. The Morgan fingerprint density at radius 1 is 1.00 bits per heavy atom. The van der Waals surface area contributed by atoms with Crippen LogP contribution in [0.2, 0.25) is 0 Å². The molecule has 4 heteroatoms. The molecule has 0 spiro atoms. The van der Waals surface area contributed by atoms with E-state index in [2.05, 4.69) is 72.6 Å². The van der Waals surface area contributed by atoms with Crippen molar-refractivity contribution in [3.05, 3.63) is 65.4 Å². The molecule has 2 aromatic carbocycles. The molecule has 1 aliphatic heterocycles. The van der Waals surface area contributed by atoms with Gasteiger partial charge in [0.2, 0.25) is 5.95 Å². The molecule has 27 heavy (non-hydrogen) atoms. The Morgan fingerprint density at radius 3 is 2.70 bits per heavy atom. The van der Waals surface area contributed by atoms with Gasteiger partial charge in [-0.2, -0.15) is 0 Å². The second-order valence-electron chi connectivity index (χ2n) is 7.61. The predicted molar refractivity (Wildman–Crippen MR) is 112 cm³/mol. The van der Waals surface area contributed by atoms with E-state index >= 15 is 0 Å². The molecular formula is C23H28N4. The number of benzene rings is 2. The van der Waals surface area contributed by atoms with Crippen LogP contribution in [0, 0.1) is 13.8 Å². The zero-order valence-corrected chi connectivity index (χ0v) is 16.3. The van der Waals surface area contributed by atoms with Crippen LogP contribution in [0.3, 0.4) is 0 Å². The molecule has 0 radical (unpaired) electrons. The number of anilines is 1. The molecule has 0 saturated carbocycles. The van der Waals surface area contributed by atoms with E-state index < -0.39 is 0 Å². The summed E-state index contributed by atoms with van der Waals surface area (Å²) in [7, 11) is 0. The lowest BCUT2D eigenvalue weighted by Gasteiger charge is -2.22. The van der Waals surface area contributed by atoms with E-state index in [4.69, 9.17) is 9.97 Å². The highest BCUT2D eigenvalue weighted by atomic mass is 15.3. The zero-order chi connectivity index (χ0) is 18.6. The van der Waals surface area contributed by atoms with Crippen LogP contribution in [0.15, 0.2) is 48.5 Å². The minimum Gasteiger partial charge on any atom is -0.341 e. The normalized spacial score (nSPS) is 17.9. The lowest BCUT2D eigenvalue weighted by molar-refractivity contribution is 0.470. The smallest absolute Gasteiger partial charge is 0.226 e. The van der Waals surface area contributed by atoms with Gasteiger partial charge < -0.3 is 10.2 Å². The molecular weight excluding hydrogens is 332 g/mol. The van der Waals surface area contributed by atoms with Crippen molar-refractivity contribution in [2.24, 2.45) is 0 Å². The van der Waals surface area contributed by atoms with Gasteiger partial charge in [-0.05, 0) is 50.3 Å². The molecule has 1 aromatic heterocycles. The highest BCUT2D eigenvalue weighted by molar-refractivity contribution is 5.82. The molecule has 0 amide bonds. The summed E-state index contributed by atoms with van der Waals surface area (Å²) in [6, 6.07) is 17.6. The van der Waals surface area contributed by atoms with Crippen molar-refractivity contribution < 1.29 is 0 Å². The quantitative estimate of drug-likeness (QED) is 0.749. The highest BCUT2D eigenvalue weighted by Gasteiger charge is 2.19. The van der Waals surface area contributed by atoms with Crippen LogP contribution in [0.25, 0.3) is 10.9 Å². The molecule has 4 rings (SSSR count). The van der Waals surface area contributed by atoms with Crippen LogP contribution in [-0.2, 0) is 6.54 Å². The van der Waals surface area contributed by atoms with Gasteiger partial charge in [0, 0.05) is 31.1 Å². The van der Waals surface area contributed by atoms with Crippen molar-refractivity contribution in [1.29, 1.82) is 0 Å². The number of nitrogens with zero attached hydrogens (tertiary/aromatic N) is 3. The predicted octanol–water partition coefficient (Wildman–Crippen LogP) is 4.40. The first-order chi connectivity index (χ1) is 13.2. The van der Waals surface area contributed by atoms with E-state index in [9.17, 15) is 0 Å². The van der Waals surface area contributed by atoms with Gasteiger partial charge in [-0.15, -0.1) is 0 Å². The Balaban J connectivity index is 1.44. The number of rotatable bonds is 4. The molecule has 3 aromatic rings. The van der Waals surface area contributed by atoms with Crippen LogP contribution in [0.5, 0.6) is 0 Å². The summed E-state index contributed by atoms with van der Waals surface area (Å²) in [5.41, 5.74) is 4.72. The molecule has 1 aliphatic rings. The van der Waals surface area contributed by atoms with E-state index in [-0.39, 0.29) is 0 Å². The van der Waals surface area contributed by atoms with E-state index in [1.54, 1.807) is 0 Å². The molecule has 0 aliphatic carbocycles. The van der Waals surface area contributed by atoms with Crippen LogP contribution in [-0.4, -0.2) is 29.1 Å². The van der Waals surface area contributed by atoms with Crippen LogP contribution in [0.4, 0.5) is 5.95 Å². The van der Waals surface area contributed by atoms with Crippen molar-refractivity contribution in [3.8, 4) is 0 Å². The van der Waals surface area contributed by atoms with Gasteiger partial charge in [0.25, 0.3) is 0 Å². The highest BCUT2D eigenvalue weighted by Crippen LogP contribution is 2.22. The van der Waals surface area contributed by atoms with Crippen molar-refractivity contribution in [3.63, 3.8) is 0 Å². The average molecular weight is 361 g/mol. The maximum absolute atomic E-state index is 4.88. The largest absolute Gasteiger partial charge is 0.341 e. The summed E-state index contributed by atoms with van der Waals surface area (Å²) in [5.74, 6) is 0.884. The minimum atomic E-state index is 0.555.